The summed E-state index contributed by atoms with van der Waals surface area (Å²) < 4.78 is 2.05. The topological polar surface area (TPSA) is 46.9 Å². The van der Waals surface area contributed by atoms with Gasteiger partial charge in [-0.3, -0.25) is 4.79 Å². The van der Waals surface area contributed by atoms with Crippen LogP contribution in [0.2, 0.25) is 0 Å². The van der Waals surface area contributed by atoms with Gasteiger partial charge in [0.2, 0.25) is 0 Å². The molecule has 0 unspecified atom stereocenters. The molecule has 0 bridgehead atoms. The van der Waals surface area contributed by atoms with Crippen molar-refractivity contribution in [3.05, 3.63) is 66.7 Å². The molecule has 0 saturated carbocycles. The van der Waals surface area contributed by atoms with E-state index < -0.39 is 0 Å². The van der Waals surface area contributed by atoms with Crippen LogP contribution in [-0.4, -0.2) is 22.0 Å². The van der Waals surface area contributed by atoms with Crippen molar-refractivity contribution in [2.45, 2.75) is 19.4 Å². The van der Waals surface area contributed by atoms with E-state index in [0.717, 1.165) is 35.7 Å². The Morgan fingerprint density at radius 1 is 1.09 bits per heavy atom. The highest BCUT2D eigenvalue weighted by Crippen LogP contribution is 2.18. The van der Waals surface area contributed by atoms with Gasteiger partial charge in [-0.25, -0.2) is 4.98 Å². The summed E-state index contributed by atoms with van der Waals surface area (Å²) in [7, 11) is 0. The van der Waals surface area contributed by atoms with Crippen molar-refractivity contribution in [1.29, 1.82) is 0 Å². The highest BCUT2D eigenvalue weighted by Gasteiger charge is 2.08. The Bertz CT molecular complexity index is 745. The molecule has 1 aromatic heterocycles. The summed E-state index contributed by atoms with van der Waals surface area (Å²) in [4.78, 5) is 16.3. The van der Waals surface area contributed by atoms with Gasteiger partial charge in [-0.05, 0) is 29.7 Å². The zero-order valence-electron chi connectivity index (χ0n) is 12.4. The Labute approximate surface area is 129 Å². The third-order valence-corrected chi connectivity index (χ3v) is 3.72. The van der Waals surface area contributed by atoms with E-state index in [0.29, 0.717) is 6.54 Å². The van der Waals surface area contributed by atoms with Gasteiger partial charge in [0.25, 0.3) is 5.91 Å². The van der Waals surface area contributed by atoms with Gasteiger partial charge >= 0.3 is 0 Å². The molecule has 1 N–H and O–H groups in total. The van der Waals surface area contributed by atoms with Gasteiger partial charge in [0.15, 0.2) is 0 Å². The SMILES string of the molecule is O=C(NCCCCn1ccnc1)c1cccc2ccccc12. The standard InChI is InChI=1S/C18H19N3O/c22-18(20-10-3-4-12-21-13-11-19-14-21)17-9-5-7-15-6-1-2-8-16(15)17/h1-2,5-9,11,13-14H,3-4,10,12H2,(H,20,22). The number of fused-ring (bicyclic) bond motifs is 1. The molecule has 2 aromatic carbocycles. The lowest BCUT2D eigenvalue weighted by Gasteiger charge is -2.08. The average Bonchev–Trinajstić information content (AvgIpc) is 3.07. The molecule has 1 amide bonds. The highest BCUT2D eigenvalue weighted by molar-refractivity contribution is 6.06. The second-order valence-electron chi connectivity index (χ2n) is 5.29. The molecule has 0 aliphatic carbocycles. The van der Waals surface area contributed by atoms with Crippen LogP contribution in [0.3, 0.4) is 0 Å². The maximum Gasteiger partial charge on any atom is 0.251 e. The molecule has 3 rings (SSSR count). The molecule has 1 heterocycles. The van der Waals surface area contributed by atoms with Crippen LogP contribution in [0.25, 0.3) is 10.8 Å². The van der Waals surface area contributed by atoms with E-state index in [9.17, 15) is 4.79 Å². The molecule has 3 aromatic rings. The molecule has 4 nitrogen and oxygen atoms in total. The number of rotatable bonds is 6. The second kappa shape index (κ2) is 6.89. The molecule has 0 spiro atoms. The van der Waals surface area contributed by atoms with Gasteiger partial charge in [-0.2, -0.15) is 0 Å². The summed E-state index contributed by atoms with van der Waals surface area (Å²) in [5, 5.41) is 5.10. The monoisotopic (exact) mass is 293 g/mol. The summed E-state index contributed by atoms with van der Waals surface area (Å²) >= 11 is 0. The molecular formula is C18H19N3O. The highest BCUT2D eigenvalue weighted by atomic mass is 16.1. The van der Waals surface area contributed by atoms with Crippen LogP contribution in [0.4, 0.5) is 0 Å². The van der Waals surface area contributed by atoms with Crippen LogP contribution in [0.5, 0.6) is 0 Å². The van der Waals surface area contributed by atoms with Crippen molar-refractivity contribution in [2.75, 3.05) is 6.54 Å². The van der Waals surface area contributed by atoms with E-state index in [4.69, 9.17) is 0 Å². The first-order valence-electron chi connectivity index (χ1n) is 7.56. The largest absolute Gasteiger partial charge is 0.352 e. The zero-order chi connectivity index (χ0) is 15.2. The van der Waals surface area contributed by atoms with Gasteiger partial charge in [0.05, 0.1) is 6.33 Å². The lowest BCUT2D eigenvalue weighted by molar-refractivity contribution is 0.0954. The Balaban J connectivity index is 1.53. The van der Waals surface area contributed by atoms with Crippen LogP contribution in [0.15, 0.2) is 61.2 Å². The number of amides is 1. The lowest BCUT2D eigenvalue weighted by atomic mass is 10.0. The summed E-state index contributed by atoms with van der Waals surface area (Å²) in [5.74, 6) is -0.000527. The van der Waals surface area contributed by atoms with E-state index in [1.807, 2.05) is 59.6 Å². The normalized spacial score (nSPS) is 10.7. The van der Waals surface area contributed by atoms with E-state index in [-0.39, 0.29) is 5.91 Å². The Morgan fingerprint density at radius 3 is 2.82 bits per heavy atom. The second-order valence-corrected chi connectivity index (χ2v) is 5.29. The quantitative estimate of drug-likeness (QED) is 0.709. The Hall–Kier alpha value is -2.62. The van der Waals surface area contributed by atoms with E-state index in [2.05, 4.69) is 10.3 Å². The zero-order valence-corrected chi connectivity index (χ0v) is 12.4. The van der Waals surface area contributed by atoms with Crippen LogP contribution in [-0.2, 0) is 6.54 Å². The fraction of sp³-hybridized carbons (Fsp3) is 0.222. The van der Waals surface area contributed by atoms with Crippen molar-refractivity contribution >= 4 is 16.7 Å². The average molecular weight is 293 g/mol. The Morgan fingerprint density at radius 2 is 1.95 bits per heavy atom. The fourth-order valence-electron chi connectivity index (χ4n) is 2.56. The number of unbranched alkanes of at least 4 members (excludes halogenated alkanes) is 1. The first-order chi connectivity index (χ1) is 10.8. The smallest absolute Gasteiger partial charge is 0.251 e. The number of nitrogens with one attached hydrogen (secondary N) is 1. The molecule has 112 valence electrons. The number of aryl methyl sites for hydroxylation is 1. The van der Waals surface area contributed by atoms with E-state index in [1.165, 1.54) is 0 Å². The number of imidazole rings is 1. The van der Waals surface area contributed by atoms with Crippen LogP contribution >= 0.6 is 0 Å². The number of benzene rings is 2. The minimum Gasteiger partial charge on any atom is -0.352 e. The summed E-state index contributed by atoms with van der Waals surface area (Å²) in [5.41, 5.74) is 0.743. The maximum absolute atomic E-state index is 12.3. The van der Waals surface area contributed by atoms with Gasteiger partial charge in [-0.15, -0.1) is 0 Å². The number of aromatic nitrogens is 2. The molecule has 0 aliphatic heterocycles. The van der Waals surface area contributed by atoms with E-state index >= 15 is 0 Å². The first-order valence-corrected chi connectivity index (χ1v) is 7.56. The summed E-state index contributed by atoms with van der Waals surface area (Å²) in [6, 6.07) is 13.8. The summed E-state index contributed by atoms with van der Waals surface area (Å²) in [6.07, 6.45) is 7.52. The van der Waals surface area contributed by atoms with Crippen LogP contribution < -0.4 is 5.32 Å². The van der Waals surface area contributed by atoms with Crippen LogP contribution in [0.1, 0.15) is 23.2 Å². The fourth-order valence-corrected chi connectivity index (χ4v) is 2.56. The molecular weight excluding hydrogens is 274 g/mol. The number of carbonyl (C=O) groups excluding carboxylic acids is 1. The molecule has 22 heavy (non-hydrogen) atoms. The molecule has 0 atom stereocenters. The van der Waals surface area contributed by atoms with Gasteiger partial charge in [0.1, 0.15) is 0 Å². The van der Waals surface area contributed by atoms with Crippen molar-refractivity contribution in [1.82, 2.24) is 14.9 Å². The molecule has 0 saturated heterocycles. The van der Waals surface area contributed by atoms with Gasteiger partial charge in [0, 0.05) is 31.0 Å². The first kappa shape index (κ1) is 14.3. The van der Waals surface area contributed by atoms with Crippen LogP contribution in [0, 0.1) is 0 Å². The van der Waals surface area contributed by atoms with E-state index in [1.54, 1.807) is 6.20 Å². The molecule has 0 radical (unpaired) electrons. The maximum atomic E-state index is 12.3. The molecule has 0 aliphatic rings. The van der Waals surface area contributed by atoms with Crippen molar-refractivity contribution in [2.24, 2.45) is 0 Å². The molecule has 0 fully saturated rings. The summed E-state index contributed by atoms with van der Waals surface area (Å²) in [6.45, 7) is 1.63. The minimum absolute atomic E-state index is 0.000527. The Kier molecular flexibility index (Phi) is 4.49. The predicted octanol–water partition coefficient (Wildman–Crippen LogP) is 3.25. The molecule has 4 heteroatoms. The lowest BCUT2D eigenvalue weighted by Crippen LogP contribution is -2.24. The number of hydrogen-bond donors (Lipinski definition) is 1. The third kappa shape index (κ3) is 3.34. The van der Waals surface area contributed by atoms with Crippen molar-refractivity contribution < 1.29 is 4.79 Å². The number of hydrogen-bond acceptors (Lipinski definition) is 2. The van der Waals surface area contributed by atoms with Crippen molar-refractivity contribution in [3.63, 3.8) is 0 Å². The van der Waals surface area contributed by atoms with Gasteiger partial charge < -0.3 is 9.88 Å². The minimum atomic E-state index is -0.000527. The predicted molar refractivity (Wildman–Crippen MR) is 87.7 cm³/mol. The third-order valence-electron chi connectivity index (χ3n) is 3.72. The number of nitrogens with zero attached hydrogens (tertiary/aromatic N) is 2. The van der Waals surface area contributed by atoms with Gasteiger partial charge in [-0.1, -0.05) is 36.4 Å². The number of carbonyl (C=O) groups is 1. The van der Waals surface area contributed by atoms with Crippen molar-refractivity contribution in [3.8, 4) is 0 Å².